The molecule has 0 bridgehead atoms. The van der Waals surface area contributed by atoms with E-state index in [1.807, 2.05) is 0 Å². The summed E-state index contributed by atoms with van der Waals surface area (Å²) in [6.45, 7) is 4.54. The molecule has 3 heteroatoms. The molecule has 0 aromatic rings. The third-order valence-electron chi connectivity index (χ3n) is 10.4. The van der Waals surface area contributed by atoms with Crippen LogP contribution in [-0.2, 0) is 9.47 Å². The number of nitrogens with zero attached hydrogens (tertiary/aromatic N) is 1. The number of allylic oxidation sites excluding steroid dienone is 8. The Balaban J connectivity index is 1.60. The number of hydrogen-bond donors (Lipinski definition) is 0. The molecule has 1 aliphatic carbocycles. The van der Waals surface area contributed by atoms with E-state index >= 15 is 0 Å². The zero-order valence-corrected chi connectivity index (χ0v) is 31.9. The van der Waals surface area contributed by atoms with Crippen LogP contribution in [0.2, 0.25) is 0 Å². The van der Waals surface area contributed by atoms with E-state index in [0.717, 1.165) is 38.5 Å². The van der Waals surface area contributed by atoms with Crippen LogP contribution in [-0.4, -0.2) is 43.0 Å². The van der Waals surface area contributed by atoms with Crippen LogP contribution in [0.5, 0.6) is 0 Å². The topological polar surface area (TPSA) is 21.7 Å². The van der Waals surface area contributed by atoms with Gasteiger partial charge in [0.05, 0.1) is 12.2 Å². The number of unbranched alkanes of at least 4 members (excludes halogenated alkanes) is 17. The molecule has 2 aliphatic rings. The van der Waals surface area contributed by atoms with Crippen molar-refractivity contribution in [2.75, 3.05) is 14.1 Å². The number of rotatable bonds is 30. The highest BCUT2D eigenvalue weighted by atomic mass is 16.8. The van der Waals surface area contributed by atoms with E-state index in [-0.39, 0.29) is 5.79 Å². The molecule has 1 saturated carbocycles. The summed E-state index contributed by atoms with van der Waals surface area (Å²) in [6.07, 6.45) is 54.8. The maximum atomic E-state index is 6.90. The van der Waals surface area contributed by atoms with Crippen molar-refractivity contribution in [3.8, 4) is 0 Å². The van der Waals surface area contributed by atoms with Crippen LogP contribution in [0.25, 0.3) is 0 Å². The first-order valence-corrected chi connectivity index (χ1v) is 20.7. The number of hydrogen-bond acceptors (Lipinski definition) is 3. The molecule has 1 aliphatic heterocycles. The van der Waals surface area contributed by atoms with E-state index in [9.17, 15) is 0 Å². The zero-order valence-electron chi connectivity index (χ0n) is 31.9. The van der Waals surface area contributed by atoms with Crippen LogP contribution in [0, 0.1) is 0 Å². The summed E-state index contributed by atoms with van der Waals surface area (Å²) in [5.74, 6) is -0.321. The summed E-state index contributed by atoms with van der Waals surface area (Å²) in [5.41, 5.74) is 0. The summed E-state index contributed by atoms with van der Waals surface area (Å²) >= 11 is 0. The highest BCUT2D eigenvalue weighted by Crippen LogP contribution is 2.43. The van der Waals surface area contributed by atoms with Crippen molar-refractivity contribution >= 4 is 0 Å². The van der Waals surface area contributed by atoms with Gasteiger partial charge in [0.15, 0.2) is 5.79 Å². The normalized spacial score (nSPS) is 23.5. The standard InChI is InChI=1S/C44H79NO2/c1-5-7-9-11-13-15-17-19-21-23-25-27-29-31-33-35-39-44(46-42-37-36-41(45(3)4)40-43(42)47-44)38-34-32-30-28-26-24-22-20-18-16-14-12-10-8-6-2/h13-16,19-22,41-43H,5-12,17-18,23-40H2,1-4H3/b15-13-,16-14-,21-19-,22-20+. The second kappa shape index (κ2) is 28.7. The fraction of sp³-hybridized carbons (Fsp3) is 0.818. The summed E-state index contributed by atoms with van der Waals surface area (Å²) in [7, 11) is 4.45. The van der Waals surface area contributed by atoms with Crippen LogP contribution in [0.4, 0.5) is 0 Å². The van der Waals surface area contributed by atoms with Crippen LogP contribution in [0.15, 0.2) is 48.6 Å². The van der Waals surface area contributed by atoms with Gasteiger partial charge in [0.25, 0.3) is 0 Å². The van der Waals surface area contributed by atoms with Crippen LogP contribution >= 0.6 is 0 Å². The molecule has 3 nitrogen and oxygen atoms in total. The molecule has 1 saturated heterocycles. The van der Waals surface area contributed by atoms with Crippen molar-refractivity contribution in [1.82, 2.24) is 4.90 Å². The fourth-order valence-electron chi connectivity index (χ4n) is 7.34. The molecular weight excluding hydrogens is 574 g/mol. The first-order valence-electron chi connectivity index (χ1n) is 20.7. The Morgan fingerprint density at radius 1 is 0.489 bits per heavy atom. The molecular formula is C44H79NO2. The lowest BCUT2D eigenvalue weighted by molar-refractivity contribution is -0.186. The van der Waals surface area contributed by atoms with Gasteiger partial charge in [-0.1, -0.05) is 133 Å². The van der Waals surface area contributed by atoms with Crippen molar-refractivity contribution in [1.29, 1.82) is 0 Å². The Hall–Kier alpha value is -1.16. The quantitative estimate of drug-likeness (QED) is 0.0569. The maximum absolute atomic E-state index is 6.90. The first kappa shape index (κ1) is 42.0. The van der Waals surface area contributed by atoms with Crippen molar-refractivity contribution in [3.05, 3.63) is 48.6 Å². The second-order valence-electron chi connectivity index (χ2n) is 15.0. The minimum Gasteiger partial charge on any atom is -0.344 e. The summed E-state index contributed by atoms with van der Waals surface area (Å²) in [6, 6.07) is 0.633. The molecule has 4 atom stereocenters. The third kappa shape index (κ3) is 20.8. The largest absolute Gasteiger partial charge is 0.344 e. The van der Waals surface area contributed by atoms with Gasteiger partial charge < -0.3 is 14.4 Å². The number of ether oxygens (including phenoxy) is 2. The van der Waals surface area contributed by atoms with E-state index in [1.54, 1.807) is 0 Å². The Morgan fingerprint density at radius 3 is 1.34 bits per heavy atom. The molecule has 0 spiro atoms. The highest BCUT2D eigenvalue weighted by molar-refractivity contribution is 4.95. The number of fused-ring (bicyclic) bond motifs is 1. The molecule has 2 rings (SSSR count). The van der Waals surface area contributed by atoms with Gasteiger partial charge in [-0.25, -0.2) is 0 Å². The van der Waals surface area contributed by atoms with Crippen LogP contribution in [0.1, 0.15) is 194 Å². The van der Waals surface area contributed by atoms with E-state index < -0.39 is 0 Å². The predicted octanol–water partition coefficient (Wildman–Crippen LogP) is 13.6. The Morgan fingerprint density at radius 2 is 0.894 bits per heavy atom. The Labute approximate surface area is 294 Å². The first-order chi connectivity index (χ1) is 23.1. The lowest BCUT2D eigenvalue weighted by Gasteiger charge is -2.33. The molecule has 0 radical (unpaired) electrons. The fourth-order valence-corrected chi connectivity index (χ4v) is 7.34. The molecule has 4 unspecified atom stereocenters. The molecule has 1 heterocycles. The monoisotopic (exact) mass is 654 g/mol. The van der Waals surface area contributed by atoms with Gasteiger partial charge in [-0.05, 0) is 110 Å². The van der Waals surface area contributed by atoms with Crippen LogP contribution < -0.4 is 0 Å². The van der Waals surface area contributed by atoms with Crippen molar-refractivity contribution in [2.24, 2.45) is 0 Å². The van der Waals surface area contributed by atoms with Gasteiger partial charge >= 0.3 is 0 Å². The molecule has 0 amide bonds. The summed E-state index contributed by atoms with van der Waals surface area (Å²) in [4.78, 5) is 2.39. The van der Waals surface area contributed by atoms with Gasteiger partial charge in [0, 0.05) is 18.9 Å². The second-order valence-corrected chi connectivity index (χ2v) is 15.0. The lowest BCUT2D eigenvalue weighted by Crippen LogP contribution is -2.40. The molecule has 47 heavy (non-hydrogen) atoms. The van der Waals surface area contributed by atoms with Crippen molar-refractivity contribution in [3.63, 3.8) is 0 Å². The minimum absolute atomic E-state index is 0.290. The van der Waals surface area contributed by atoms with Crippen LogP contribution in [0.3, 0.4) is 0 Å². The van der Waals surface area contributed by atoms with E-state index in [1.165, 1.54) is 141 Å². The van der Waals surface area contributed by atoms with Crippen molar-refractivity contribution in [2.45, 2.75) is 218 Å². The van der Waals surface area contributed by atoms with Gasteiger partial charge in [-0.15, -0.1) is 0 Å². The third-order valence-corrected chi connectivity index (χ3v) is 10.4. The van der Waals surface area contributed by atoms with Gasteiger partial charge in [-0.2, -0.15) is 0 Å². The molecule has 0 aromatic heterocycles. The van der Waals surface area contributed by atoms with Gasteiger partial charge in [-0.3, -0.25) is 0 Å². The average molecular weight is 654 g/mol. The van der Waals surface area contributed by atoms with E-state index in [2.05, 4.69) is 81.5 Å². The van der Waals surface area contributed by atoms with Crippen molar-refractivity contribution < 1.29 is 9.47 Å². The summed E-state index contributed by atoms with van der Waals surface area (Å²) < 4.78 is 13.8. The Bertz CT molecular complexity index is 829. The smallest absolute Gasteiger partial charge is 0.169 e. The molecule has 2 fully saturated rings. The minimum atomic E-state index is -0.321. The predicted molar refractivity (Wildman–Crippen MR) is 207 cm³/mol. The molecule has 0 N–H and O–H groups in total. The lowest BCUT2D eigenvalue weighted by atomic mass is 9.90. The SMILES string of the molecule is CCCCC/C=C\C/C=C\CCCCCCCCC1(CCCCCCC/C=C/C/C=C\CCCCC)OC2CCC(N(C)C)CC2O1. The van der Waals surface area contributed by atoms with Gasteiger partial charge in [0.1, 0.15) is 0 Å². The molecule has 272 valence electrons. The van der Waals surface area contributed by atoms with Gasteiger partial charge in [0.2, 0.25) is 0 Å². The highest BCUT2D eigenvalue weighted by Gasteiger charge is 2.49. The zero-order chi connectivity index (χ0) is 33.7. The Kier molecular flexibility index (Phi) is 25.6. The molecule has 0 aromatic carbocycles. The van der Waals surface area contributed by atoms with E-state index in [4.69, 9.17) is 9.47 Å². The van der Waals surface area contributed by atoms with E-state index in [0.29, 0.717) is 18.2 Å². The average Bonchev–Trinajstić information content (AvgIpc) is 3.44. The summed E-state index contributed by atoms with van der Waals surface area (Å²) in [5, 5.41) is 0. The maximum Gasteiger partial charge on any atom is 0.169 e.